The van der Waals surface area contributed by atoms with Crippen LogP contribution < -0.4 is 5.69 Å². The second-order valence-corrected chi connectivity index (χ2v) is 5.96. The molecule has 0 bridgehead atoms. The second-order valence-electron chi connectivity index (χ2n) is 5.96. The van der Waals surface area contributed by atoms with Crippen LogP contribution in [0.15, 0.2) is 59.4 Å². The highest BCUT2D eigenvalue weighted by molar-refractivity contribution is 6.04. The van der Waals surface area contributed by atoms with Crippen molar-refractivity contribution < 1.29 is 9.53 Å². The van der Waals surface area contributed by atoms with Crippen LogP contribution in [0.4, 0.5) is 0 Å². The molecule has 0 saturated carbocycles. The van der Waals surface area contributed by atoms with Crippen molar-refractivity contribution in [2.24, 2.45) is 0 Å². The van der Waals surface area contributed by atoms with Crippen molar-refractivity contribution in [2.45, 2.75) is 6.10 Å². The van der Waals surface area contributed by atoms with Gasteiger partial charge in [0.05, 0.1) is 18.7 Å². The number of hydrogen-bond donors (Lipinski definition) is 1. The molecule has 6 nitrogen and oxygen atoms in total. The van der Waals surface area contributed by atoms with Crippen LogP contribution in [-0.4, -0.2) is 40.5 Å². The number of amides is 1. The highest BCUT2D eigenvalue weighted by Crippen LogP contribution is 2.24. The summed E-state index contributed by atoms with van der Waals surface area (Å²) < 4.78 is 5.81. The summed E-state index contributed by atoms with van der Waals surface area (Å²) in [6.07, 6.45) is -0.174. The molecule has 126 valence electrons. The van der Waals surface area contributed by atoms with Gasteiger partial charge in [0.1, 0.15) is 11.8 Å². The summed E-state index contributed by atoms with van der Waals surface area (Å²) in [5.74, 6) is -0.244. The number of aromatic nitrogens is 2. The molecular formula is C19H17N3O3. The molecule has 1 aromatic heterocycles. The Hall–Kier alpha value is -2.99. The van der Waals surface area contributed by atoms with E-state index in [0.717, 1.165) is 5.56 Å². The standard InChI is InChI=1S/C19H17N3O3/c23-18(17-14-8-4-5-9-15(14)20-19(24)21-17)22-10-11-25-16(12-22)13-6-2-1-3-7-13/h1-9,16H,10-12H2,(H,20,21,24)/t16-/m0/s1. The fourth-order valence-corrected chi connectivity index (χ4v) is 3.12. The Morgan fingerprint density at radius 2 is 1.88 bits per heavy atom. The minimum atomic E-state index is -0.519. The highest BCUT2D eigenvalue weighted by atomic mass is 16.5. The number of fused-ring (bicyclic) bond motifs is 1. The van der Waals surface area contributed by atoms with E-state index in [4.69, 9.17) is 4.74 Å². The first-order valence-electron chi connectivity index (χ1n) is 8.17. The molecular weight excluding hydrogens is 318 g/mol. The average molecular weight is 335 g/mol. The van der Waals surface area contributed by atoms with Crippen molar-refractivity contribution in [1.29, 1.82) is 0 Å². The smallest absolute Gasteiger partial charge is 0.346 e. The van der Waals surface area contributed by atoms with E-state index in [9.17, 15) is 9.59 Å². The summed E-state index contributed by atoms with van der Waals surface area (Å²) in [6.45, 7) is 1.36. The van der Waals surface area contributed by atoms with E-state index in [0.29, 0.717) is 30.6 Å². The molecule has 0 spiro atoms. The third-order valence-corrected chi connectivity index (χ3v) is 4.36. The van der Waals surface area contributed by atoms with E-state index in [1.807, 2.05) is 42.5 Å². The number of carbonyl (C=O) groups excluding carboxylic acids is 1. The Labute approximate surface area is 144 Å². The first-order chi connectivity index (χ1) is 12.2. The number of hydrogen-bond acceptors (Lipinski definition) is 4. The van der Waals surface area contributed by atoms with Crippen molar-refractivity contribution >= 4 is 16.8 Å². The first kappa shape index (κ1) is 15.5. The number of aromatic amines is 1. The molecule has 1 aliphatic rings. The Kier molecular flexibility index (Phi) is 4.03. The highest BCUT2D eigenvalue weighted by Gasteiger charge is 2.28. The van der Waals surface area contributed by atoms with Gasteiger partial charge in [-0.05, 0) is 11.6 Å². The number of morpholine rings is 1. The van der Waals surface area contributed by atoms with Gasteiger partial charge in [-0.2, -0.15) is 4.98 Å². The third kappa shape index (κ3) is 3.04. The lowest BCUT2D eigenvalue weighted by Gasteiger charge is -2.33. The van der Waals surface area contributed by atoms with E-state index in [1.165, 1.54) is 0 Å². The average Bonchev–Trinajstić information content (AvgIpc) is 2.67. The molecule has 2 heterocycles. The van der Waals surface area contributed by atoms with E-state index < -0.39 is 5.69 Å². The molecule has 1 atom stereocenters. The van der Waals surface area contributed by atoms with Gasteiger partial charge in [-0.1, -0.05) is 48.5 Å². The quantitative estimate of drug-likeness (QED) is 0.778. The van der Waals surface area contributed by atoms with Crippen molar-refractivity contribution in [3.05, 3.63) is 76.3 Å². The molecule has 2 aromatic carbocycles. The second kappa shape index (κ2) is 6.49. The van der Waals surface area contributed by atoms with E-state index in [1.54, 1.807) is 17.0 Å². The maximum atomic E-state index is 13.0. The summed E-state index contributed by atoms with van der Waals surface area (Å²) in [5.41, 5.74) is 1.31. The summed E-state index contributed by atoms with van der Waals surface area (Å²) in [7, 11) is 0. The van der Waals surface area contributed by atoms with Crippen LogP contribution in [0.1, 0.15) is 22.2 Å². The zero-order valence-corrected chi connectivity index (χ0v) is 13.5. The van der Waals surface area contributed by atoms with Crippen LogP contribution in [-0.2, 0) is 4.74 Å². The molecule has 0 aliphatic carbocycles. The number of para-hydroxylation sites is 1. The molecule has 1 aliphatic heterocycles. The summed E-state index contributed by atoms with van der Waals surface area (Å²) in [6, 6.07) is 17.0. The predicted molar refractivity (Wildman–Crippen MR) is 93.4 cm³/mol. The molecule has 0 radical (unpaired) electrons. The van der Waals surface area contributed by atoms with E-state index >= 15 is 0 Å². The van der Waals surface area contributed by atoms with Crippen molar-refractivity contribution in [3.63, 3.8) is 0 Å². The third-order valence-electron chi connectivity index (χ3n) is 4.36. The molecule has 3 aromatic rings. The summed E-state index contributed by atoms with van der Waals surface area (Å²) >= 11 is 0. The number of carbonyl (C=O) groups is 1. The van der Waals surface area contributed by atoms with Gasteiger partial charge >= 0.3 is 5.69 Å². The predicted octanol–water partition coefficient (Wildman–Crippen LogP) is 2.14. The lowest BCUT2D eigenvalue weighted by atomic mass is 10.1. The molecule has 6 heteroatoms. The lowest BCUT2D eigenvalue weighted by molar-refractivity contribution is -0.0229. The van der Waals surface area contributed by atoms with Crippen LogP contribution in [0, 0.1) is 0 Å². The zero-order valence-electron chi connectivity index (χ0n) is 13.5. The molecule has 1 fully saturated rings. The van der Waals surface area contributed by atoms with Gasteiger partial charge in [0.25, 0.3) is 5.91 Å². The van der Waals surface area contributed by atoms with E-state index in [-0.39, 0.29) is 17.7 Å². The maximum absolute atomic E-state index is 13.0. The Bertz CT molecular complexity index is 968. The van der Waals surface area contributed by atoms with Gasteiger partial charge in [0.2, 0.25) is 0 Å². The Morgan fingerprint density at radius 3 is 2.72 bits per heavy atom. The summed E-state index contributed by atoms with van der Waals surface area (Å²) in [4.78, 5) is 33.1. The van der Waals surface area contributed by atoms with Gasteiger partial charge in [-0.25, -0.2) is 4.79 Å². The SMILES string of the molecule is O=C(c1nc(=O)[nH]c2ccccc12)N1CCO[C@H](c2ccccc2)C1. The summed E-state index contributed by atoms with van der Waals surface area (Å²) in [5, 5.41) is 0.648. The maximum Gasteiger partial charge on any atom is 0.346 e. The number of benzene rings is 2. The minimum absolute atomic E-state index is 0.174. The van der Waals surface area contributed by atoms with Crippen LogP contribution in [0.2, 0.25) is 0 Å². The van der Waals surface area contributed by atoms with Gasteiger partial charge < -0.3 is 14.6 Å². The fourth-order valence-electron chi connectivity index (χ4n) is 3.12. The number of nitrogens with one attached hydrogen (secondary N) is 1. The van der Waals surface area contributed by atoms with Crippen LogP contribution in [0.5, 0.6) is 0 Å². The van der Waals surface area contributed by atoms with Crippen LogP contribution in [0.3, 0.4) is 0 Å². The Balaban J connectivity index is 1.66. The number of H-pyrrole nitrogens is 1. The molecule has 4 rings (SSSR count). The number of nitrogens with zero attached hydrogens (tertiary/aromatic N) is 2. The van der Waals surface area contributed by atoms with Crippen molar-refractivity contribution in [2.75, 3.05) is 19.7 Å². The van der Waals surface area contributed by atoms with Crippen molar-refractivity contribution in [3.8, 4) is 0 Å². The van der Waals surface area contributed by atoms with E-state index in [2.05, 4.69) is 9.97 Å². The van der Waals surface area contributed by atoms with Crippen LogP contribution >= 0.6 is 0 Å². The Morgan fingerprint density at radius 1 is 1.12 bits per heavy atom. The molecule has 0 unspecified atom stereocenters. The molecule has 1 saturated heterocycles. The van der Waals surface area contributed by atoms with Crippen molar-refractivity contribution in [1.82, 2.24) is 14.9 Å². The lowest BCUT2D eigenvalue weighted by Crippen LogP contribution is -2.43. The molecule has 1 N–H and O–H groups in total. The number of rotatable bonds is 2. The largest absolute Gasteiger partial charge is 0.370 e. The topological polar surface area (TPSA) is 75.3 Å². The first-order valence-corrected chi connectivity index (χ1v) is 8.17. The fraction of sp³-hybridized carbons (Fsp3) is 0.211. The molecule has 25 heavy (non-hydrogen) atoms. The van der Waals surface area contributed by atoms with Gasteiger partial charge in [0, 0.05) is 11.9 Å². The van der Waals surface area contributed by atoms with Gasteiger partial charge in [-0.15, -0.1) is 0 Å². The normalized spacial score (nSPS) is 17.6. The van der Waals surface area contributed by atoms with Crippen LogP contribution in [0.25, 0.3) is 10.9 Å². The minimum Gasteiger partial charge on any atom is -0.370 e. The molecule has 1 amide bonds. The number of ether oxygens (including phenoxy) is 1. The van der Waals surface area contributed by atoms with Gasteiger partial charge in [-0.3, -0.25) is 4.79 Å². The zero-order chi connectivity index (χ0) is 17.2. The monoisotopic (exact) mass is 335 g/mol. The van der Waals surface area contributed by atoms with Gasteiger partial charge in [0.15, 0.2) is 0 Å².